The fraction of sp³-hybridized carbons (Fsp3) is 0.158. The predicted octanol–water partition coefficient (Wildman–Crippen LogP) is 2.76. The topological polar surface area (TPSA) is 63.4 Å². The van der Waals surface area contributed by atoms with Crippen LogP contribution >= 0.6 is 0 Å². The normalized spacial score (nSPS) is 28.4. The Labute approximate surface area is 134 Å². The monoisotopic (exact) mass is 304 g/mol. The molecule has 1 spiro atoms. The summed E-state index contributed by atoms with van der Waals surface area (Å²) in [6.45, 7) is 0. The molecule has 2 unspecified atom stereocenters. The van der Waals surface area contributed by atoms with Crippen LogP contribution in [0.2, 0.25) is 0 Å². The Kier molecular flexibility index (Phi) is 2.88. The van der Waals surface area contributed by atoms with E-state index in [1.165, 1.54) is 4.90 Å². The van der Waals surface area contributed by atoms with Crippen LogP contribution < -0.4 is 10.6 Å². The van der Waals surface area contributed by atoms with E-state index < -0.39 is 5.41 Å². The van der Waals surface area contributed by atoms with Gasteiger partial charge in [-0.05, 0) is 17.7 Å². The first kappa shape index (κ1) is 13.8. The van der Waals surface area contributed by atoms with Gasteiger partial charge in [0.05, 0.1) is 11.4 Å². The lowest BCUT2D eigenvalue weighted by Crippen LogP contribution is -2.56. The van der Waals surface area contributed by atoms with Crippen molar-refractivity contribution < 1.29 is 9.59 Å². The van der Waals surface area contributed by atoms with E-state index in [2.05, 4.69) is 0 Å². The maximum Gasteiger partial charge on any atom is 0.248 e. The fourth-order valence-corrected chi connectivity index (χ4v) is 3.67. The molecule has 1 aromatic rings. The average molecular weight is 304 g/mol. The lowest BCUT2D eigenvalue weighted by Gasteiger charge is -2.46. The van der Waals surface area contributed by atoms with E-state index in [0.29, 0.717) is 11.4 Å². The second-order valence-corrected chi connectivity index (χ2v) is 6.00. The van der Waals surface area contributed by atoms with Gasteiger partial charge in [-0.25, -0.2) is 4.90 Å². The molecule has 2 atom stereocenters. The molecule has 1 heterocycles. The second-order valence-electron chi connectivity index (χ2n) is 6.00. The Hall–Kier alpha value is -2.88. The van der Waals surface area contributed by atoms with Gasteiger partial charge in [0.15, 0.2) is 0 Å². The molecular formula is C19H16N2O2. The molecule has 2 amide bonds. The highest BCUT2D eigenvalue weighted by atomic mass is 16.2. The maximum absolute atomic E-state index is 13.4. The third-order valence-corrected chi connectivity index (χ3v) is 4.81. The third-order valence-electron chi connectivity index (χ3n) is 4.81. The zero-order valence-electron chi connectivity index (χ0n) is 12.5. The van der Waals surface area contributed by atoms with E-state index in [4.69, 9.17) is 5.73 Å². The summed E-state index contributed by atoms with van der Waals surface area (Å²) in [5.41, 5.74) is 7.01. The molecule has 0 bridgehead atoms. The van der Waals surface area contributed by atoms with Gasteiger partial charge in [0.1, 0.15) is 5.41 Å². The summed E-state index contributed by atoms with van der Waals surface area (Å²) < 4.78 is 0. The van der Waals surface area contributed by atoms with E-state index in [9.17, 15) is 9.59 Å². The number of imide groups is 1. The number of benzene rings is 1. The van der Waals surface area contributed by atoms with Crippen LogP contribution in [0, 0.1) is 11.3 Å². The molecule has 1 fully saturated rings. The number of anilines is 2. The number of para-hydroxylation sites is 2. The van der Waals surface area contributed by atoms with Gasteiger partial charge in [-0.3, -0.25) is 9.59 Å². The number of nitrogens with two attached hydrogens (primary N) is 1. The van der Waals surface area contributed by atoms with E-state index in [-0.39, 0.29) is 24.2 Å². The van der Waals surface area contributed by atoms with Crippen molar-refractivity contribution in [3.63, 3.8) is 0 Å². The summed E-state index contributed by atoms with van der Waals surface area (Å²) in [6, 6.07) is 6.99. The molecule has 4 rings (SSSR count). The highest BCUT2D eigenvalue weighted by molar-refractivity contribution is 6.22. The summed E-state index contributed by atoms with van der Waals surface area (Å²) in [5, 5.41) is 0. The van der Waals surface area contributed by atoms with Gasteiger partial charge in [-0.1, -0.05) is 54.7 Å². The van der Waals surface area contributed by atoms with Gasteiger partial charge in [0.2, 0.25) is 11.8 Å². The second kappa shape index (κ2) is 4.81. The first-order valence-corrected chi connectivity index (χ1v) is 7.61. The summed E-state index contributed by atoms with van der Waals surface area (Å²) in [6.07, 6.45) is 13.7. The lowest BCUT2D eigenvalue weighted by molar-refractivity contribution is -0.135. The quantitative estimate of drug-likeness (QED) is 0.641. The number of hydrogen-bond acceptors (Lipinski definition) is 3. The number of nitrogens with zero attached hydrogens (tertiary/aromatic N) is 1. The van der Waals surface area contributed by atoms with Gasteiger partial charge in [-0.15, -0.1) is 0 Å². The minimum atomic E-state index is -0.806. The Morgan fingerprint density at radius 1 is 1.13 bits per heavy atom. The number of amides is 2. The van der Waals surface area contributed by atoms with Crippen LogP contribution in [0.3, 0.4) is 0 Å². The van der Waals surface area contributed by atoms with E-state index in [1.54, 1.807) is 24.3 Å². The molecule has 2 N–H and O–H groups in total. The first-order chi connectivity index (χ1) is 11.1. The minimum absolute atomic E-state index is 0.148. The number of hydrogen-bond donors (Lipinski definition) is 1. The van der Waals surface area contributed by atoms with Crippen molar-refractivity contribution in [2.45, 2.75) is 6.42 Å². The number of carbonyl (C=O) groups is 2. The van der Waals surface area contributed by atoms with Crippen LogP contribution in [0.25, 0.3) is 0 Å². The van der Waals surface area contributed by atoms with Crippen LogP contribution in [0.4, 0.5) is 11.4 Å². The molecule has 0 saturated carbocycles. The number of carbonyl (C=O) groups excluding carboxylic acids is 2. The molecule has 2 aliphatic carbocycles. The molecular weight excluding hydrogens is 288 g/mol. The van der Waals surface area contributed by atoms with Crippen LogP contribution in [0.5, 0.6) is 0 Å². The average Bonchev–Trinajstić information content (AvgIpc) is 2.56. The fourth-order valence-electron chi connectivity index (χ4n) is 3.67. The predicted molar refractivity (Wildman–Crippen MR) is 89.4 cm³/mol. The Morgan fingerprint density at radius 3 is 2.78 bits per heavy atom. The number of rotatable bonds is 1. The largest absolute Gasteiger partial charge is 0.397 e. The Balaban J connectivity index is 1.88. The van der Waals surface area contributed by atoms with Crippen LogP contribution in [0.15, 0.2) is 72.4 Å². The zero-order chi connectivity index (χ0) is 16.0. The molecule has 1 aromatic carbocycles. The summed E-state index contributed by atoms with van der Waals surface area (Å²) in [4.78, 5) is 27.3. The summed E-state index contributed by atoms with van der Waals surface area (Å²) in [7, 11) is 0. The lowest BCUT2D eigenvalue weighted by atomic mass is 9.62. The van der Waals surface area contributed by atoms with Crippen LogP contribution in [-0.2, 0) is 9.59 Å². The van der Waals surface area contributed by atoms with Crippen LogP contribution in [0.1, 0.15) is 6.42 Å². The van der Waals surface area contributed by atoms with Gasteiger partial charge in [0.25, 0.3) is 0 Å². The molecule has 3 aliphatic rings. The van der Waals surface area contributed by atoms with E-state index >= 15 is 0 Å². The summed E-state index contributed by atoms with van der Waals surface area (Å²) in [5.74, 6) is -0.588. The molecule has 4 heteroatoms. The molecule has 1 saturated heterocycles. The highest BCUT2D eigenvalue weighted by Crippen LogP contribution is 2.50. The molecule has 23 heavy (non-hydrogen) atoms. The standard InChI is InChI=1S/C19H16N2O2/c20-15-9-1-2-10-16(15)21-17(22)12-14-8-5-7-13-6-3-4-11-19(13,14)18(21)23/h1-11,14H,12,20H2. The van der Waals surface area contributed by atoms with Crippen molar-refractivity contribution in [1.82, 2.24) is 0 Å². The molecule has 0 radical (unpaired) electrons. The highest BCUT2D eigenvalue weighted by Gasteiger charge is 2.54. The SMILES string of the molecule is Nc1ccccc1N1C(=O)CC2C=CC=C3C=CC=CC32C1=O. The van der Waals surface area contributed by atoms with Crippen molar-refractivity contribution >= 4 is 23.2 Å². The maximum atomic E-state index is 13.4. The number of allylic oxidation sites excluding steroid dienone is 6. The number of nitrogen functional groups attached to an aromatic ring is 1. The van der Waals surface area contributed by atoms with Crippen molar-refractivity contribution in [3.05, 3.63) is 72.4 Å². The smallest absolute Gasteiger partial charge is 0.248 e. The van der Waals surface area contributed by atoms with Gasteiger partial charge in [-0.2, -0.15) is 0 Å². The Bertz CT molecular complexity index is 832. The van der Waals surface area contributed by atoms with Gasteiger partial charge in [0, 0.05) is 12.3 Å². The van der Waals surface area contributed by atoms with Crippen molar-refractivity contribution in [2.75, 3.05) is 10.6 Å². The Morgan fingerprint density at radius 2 is 1.96 bits per heavy atom. The molecule has 4 nitrogen and oxygen atoms in total. The van der Waals surface area contributed by atoms with Crippen molar-refractivity contribution in [1.29, 1.82) is 0 Å². The van der Waals surface area contributed by atoms with E-state index in [0.717, 1.165) is 5.57 Å². The number of piperidine rings is 1. The van der Waals surface area contributed by atoms with Gasteiger partial charge < -0.3 is 5.73 Å². The molecule has 0 aromatic heterocycles. The molecule has 114 valence electrons. The van der Waals surface area contributed by atoms with Gasteiger partial charge >= 0.3 is 0 Å². The van der Waals surface area contributed by atoms with E-state index in [1.807, 2.05) is 42.5 Å². The molecule has 1 aliphatic heterocycles. The van der Waals surface area contributed by atoms with Crippen LogP contribution in [-0.4, -0.2) is 11.8 Å². The van der Waals surface area contributed by atoms with Crippen molar-refractivity contribution in [2.24, 2.45) is 11.3 Å². The van der Waals surface area contributed by atoms with Crippen molar-refractivity contribution in [3.8, 4) is 0 Å². The third kappa shape index (κ3) is 1.78. The zero-order valence-corrected chi connectivity index (χ0v) is 12.5. The first-order valence-electron chi connectivity index (χ1n) is 7.61. The minimum Gasteiger partial charge on any atom is -0.397 e. The summed E-state index contributed by atoms with van der Waals surface area (Å²) >= 11 is 0.